The van der Waals surface area contributed by atoms with Crippen molar-refractivity contribution in [1.29, 1.82) is 0 Å². The van der Waals surface area contributed by atoms with Gasteiger partial charge in [-0.2, -0.15) is 11.3 Å². The van der Waals surface area contributed by atoms with Gasteiger partial charge in [-0.3, -0.25) is 9.59 Å². The van der Waals surface area contributed by atoms with Crippen LogP contribution >= 0.6 is 11.3 Å². The maximum absolute atomic E-state index is 11.9. The molecule has 4 nitrogen and oxygen atoms in total. The quantitative estimate of drug-likeness (QED) is 0.877. The van der Waals surface area contributed by atoms with Gasteiger partial charge in [0.15, 0.2) is 0 Å². The Morgan fingerprint density at radius 3 is 2.85 bits per heavy atom. The summed E-state index contributed by atoms with van der Waals surface area (Å²) < 4.78 is 0. The summed E-state index contributed by atoms with van der Waals surface area (Å²) in [6.45, 7) is 2.59. The molecule has 1 saturated carbocycles. The first kappa shape index (κ1) is 15.0. The molecule has 0 aliphatic heterocycles. The lowest BCUT2D eigenvalue weighted by molar-refractivity contribution is -0.122. The van der Waals surface area contributed by atoms with Gasteiger partial charge in [0.25, 0.3) is 5.91 Å². The molecule has 0 unspecified atom stereocenters. The Morgan fingerprint density at radius 2 is 2.15 bits per heavy atom. The Labute approximate surface area is 124 Å². The Kier molecular flexibility index (Phi) is 5.59. The minimum atomic E-state index is -0.106. The summed E-state index contributed by atoms with van der Waals surface area (Å²) in [6.07, 6.45) is 5.08. The van der Waals surface area contributed by atoms with E-state index in [-0.39, 0.29) is 11.8 Å². The van der Waals surface area contributed by atoms with Crippen LogP contribution in [-0.4, -0.2) is 24.4 Å². The maximum Gasteiger partial charge on any atom is 0.252 e. The summed E-state index contributed by atoms with van der Waals surface area (Å²) in [5.41, 5.74) is 0.663. The summed E-state index contributed by atoms with van der Waals surface area (Å²) in [7, 11) is 0. The average molecular weight is 294 g/mol. The SMILES string of the molecule is C[C@@H]1CCCC[C@@H]1NC(=O)CCNC(=O)c1ccsc1. The zero-order valence-electron chi connectivity index (χ0n) is 11.9. The maximum atomic E-state index is 11.9. The van der Waals surface area contributed by atoms with E-state index in [2.05, 4.69) is 17.6 Å². The van der Waals surface area contributed by atoms with E-state index in [0.717, 1.165) is 6.42 Å². The second kappa shape index (κ2) is 7.43. The van der Waals surface area contributed by atoms with Crippen molar-refractivity contribution in [2.75, 3.05) is 6.54 Å². The first-order chi connectivity index (χ1) is 9.66. The summed E-state index contributed by atoms with van der Waals surface area (Å²) >= 11 is 1.49. The molecule has 0 radical (unpaired) electrons. The molecule has 2 N–H and O–H groups in total. The lowest BCUT2D eigenvalue weighted by Crippen LogP contribution is -2.42. The van der Waals surface area contributed by atoms with Crippen LogP contribution in [0.4, 0.5) is 0 Å². The Hall–Kier alpha value is -1.36. The first-order valence-electron chi connectivity index (χ1n) is 7.26. The van der Waals surface area contributed by atoms with E-state index in [1.165, 1.54) is 30.6 Å². The molecule has 0 spiro atoms. The highest BCUT2D eigenvalue weighted by molar-refractivity contribution is 7.08. The largest absolute Gasteiger partial charge is 0.353 e. The zero-order chi connectivity index (χ0) is 14.4. The van der Waals surface area contributed by atoms with Crippen molar-refractivity contribution in [2.24, 2.45) is 5.92 Å². The van der Waals surface area contributed by atoms with E-state index in [1.807, 2.05) is 5.38 Å². The molecule has 0 bridgehead atoms. The molecule has 1 aliphatic carbocycles. The molecule has 0 aromatic carbocycles. The molecular weight excluding hydrogens is 272 g/mol. The Balaban J connectivity index is 1.66. The van der Waals surface area contributed by atoms with Gasteiger partial charge in [-0.25, -0.2) is 0 Å². The van der Waals surface area contributed by atoms with Crippen molar-refractivity contribution >= 4 is 23.2 Å². The summed E-state index contributed by atoms with van der Waals surface area (Å²) in [5.74, 6) is 0.493. The highest BCUT2D eigenvalue weighted by atomic mass is 32.1. The van der Waals surface area contributed by atoms with Crippen LogP contribution in [0.25, 0.3) is 0 Å². The van der Waals surface area contributed by atoms with Gasteiger partial charge in [-0.15, -0.1) is 0 Å². The van der Waals surface area contributed by atoms with E-state index >= 15 is 0 Å². The average Bonchev–Trinajstić information content (AvgIpc) is 2.95. The van der Waals surface area contributed by atoms with Crippen LogP contribution in [0, 0.1) is 5.92 Å². The van der Waals surface area contributed by atoms with E-state index in [0.29, 0.717) is 30.5 Å². The fourth-order valence-electron chi connectivity index (χ4n) is 2.59. The van der Waals surface area contributed by atoms with Crippen molar-refractivity contribution in [2.45, 2.75) is 45.1 Å². The van der Waals surface area contributed by atoms with Gasteiger partial charge in [-0.05, 0) is 30.2 Å². The number of nitrogens with one attached hydrogen (secondary N) is 2. The van der Waals surface area contributed by atoms with Gasteiger partial charge in [0.2, 0.25) is 5.91 Å². The first-order valence-corrected chi connectivity index (χ1v) is 8.21. The molecule has 1 heterocycles. The monoisotopic (exact) mass is 294 g/mol. The van der Waals surface area contributed by atoms with Crippen LogP contribution in [0.1, 0.15) is 49.4 Å². The van der Waals surface area contributed by atoms with Crippen molar-refractivity contribution in [3.63, 3.8) is 0 Å². The smallest absolute Gasteiger partial charge is 0.252 e. The van der Waals surface area contributed by atoms with Crippen molar-refractivity contribution in [3.05, 3.63) is 22.4 Å². The zero-order valence-corrected chi connectivity index (χ0v) is 12.7. The highest BCUT2D eigenvalue weighted by Gasteiger charge is 2.22. The minimum absolute atomic E-state index is 0.0365. The lowest BCUT2D eigenvalue weighted by atomic mass is 9.86. The Morgan fingerprint density at radius 1 is 1.35 bits per heavy atom. The van der Waals surface area contributed by atoms with Crippen LogP contribution in [0.15, 0.2) is 16.8 Å². The highest BCUT2D eigenvalue weighted by Crippen LogP contribution is 2.23. The van der Waals surface area contributed by atoms with Gasteiger partial charge in [0, 0.05) is 30.0 Å². The summed E-state index contributed by atoms with van der Waals surface area (Å²) in [5, 5.41) is 9.53. The number of hydrogen-bond acceptors (Lipinski definition) is 3. The third-order valence-corrected chi connectivity index (χ3v) is 4.56. The third-order valence-electron chi connectivity index (χ3n) is 3.88. The van der Waals surface area contributed by atoms with E-state index in [1.54, 1.807) is 11.4 Å². The lowest BCUT2D eigenvalue weighted by Gasteiger charge is -2.29. The standard InChI is InChI=1S/C15H22N2O2S/c1-11-4-2-3-5-13(11)17-14(18)6-8-16-15(19)12-7-9-20-10-12/h7,9-11,13H,2-6,8H2,1H3,(H,16,19)(H,17,18)/t11-,13+/m1/s1. The summed E-state index contributed by atoms with van der Waals surface area (Å²) in [6, 6.07) is 2.09. The number of carbonyl (C=O) groups is 2. The van der Waals surface area contributed by atoms with Crippen LogP contribution in [0.2, 0.25) is 0 Å². The molecule has 20 heavy (non-hydrogen) atoms. The molecule has 2 amide bonds. The molecule has 1 aromatic heterocycles. The molecule has 0 saturated heterocycles. The molecule has 1 aliphatic rings. The predicted octanol–water partition coefficient (Wildman–Crippen LogP) is 2.56. The number of hydrogen-bond donors (Lipinski definition) is 2. The van der Waals surface area contributed by atoms with Gasteiger partial charge < -0.3 is 10.6 Å². The second-order valence-corrected chi connectivity index (χ2v) is 6.23. The number of rotatable bonds is 5. The van der Waals surface area contributed by atoms with Crippen LogP contribution in [0.5, 0.6) is 0 Å². The molecule has 110 valence electrons. The van der Waals surface area contributed by atoms with Gasteiger partial charge >= 0.3 is 0 Å². The van der Waals surface area contributed by atoms with E-state index in [4.69, 9.17) is 0 Å². The van der Waals surface area contributed by atoms with Gasteiger partial charge in [0.1, 0.15) is 0 Å². The van der Waals surface area contributed by atoms with Crippen LogP contribution in [0.3, 0.4) is 0 Å². The minimum Gasteiger partial charge on any atom is -0.353 e. The van der Waals surface area contributed by atoms with Crippen molar-refractivity contribution in [3.8, 4) is 0 Å². The van der Waals surface area contributed by atoms with Gasteiger partial charge in [0.05, 0.1) is 0 Å². The summed E-state index contributed by atoms with van der Waals surface area (Å²) in [4.78, 5) is 23.6. The van der Waals surface area contributed by atoms with Gasteiger partial charge in [-0.1, -0.05) is 19.8 Å². The number of thiophene rings is 1. The number of carbonyl (C=O) groups excluding carboxylic acids is 2. The van der Waals surface area contributed by atoms with Crippen molar-refractivity contribution in [1.82, 2.24) is 10.6 Å². The van der Waals surface area contributed by atoms with E-state index < -0.39 is 0 Å². The molecule has 2 atom stereocenters. The molecule has 1 aromatic rings. The Bertz CT molecular complexity index is 445. The fourth-order valence-corrected chi connectivity index (χ4v) is 3.23. The topological polar surface area (TPSA) is 58.2 Å². The van der Waals surface area contributed by atoms with Crippen LogP contribution < -0.4 is 10.6 Å². The van der Waals surface area contributed by atoms with Crippen LogP contribution in [-0.2, 0) is 4.79 Å². The molecule has 1 fully saturated rings. The molecule has 2 rings (SSSR count). The molecular formula is C15H22N2O2S. The predicted molar refractivity (Wildman–Crippen MR) is 80.8 cm³/mol. The fraction of sp³-hybridized carbons (Fsp3) is 0.600. The molecule has 5 heteroatoms. The normalized spacial score (nSPS) is 22.2. The third kappa shape index (κ3) is 4.34. The number of amides is 2. The van der Waals surface area contributed by atoms with E-state index in [9.17, 15) is 9.59 Å². The van der Waals surface area contributed by atoms with Crippen molar-refractivity contribution < 1.29 is 9.59 Å². The second-order valence-electron chi connectivity index (χ2n) is 5.45.